The predicted octanol–water partition coefficient (Wildman–Crippen LogP) is 2.63. The summed E-state index contributed by atoms with van der Waals surface area (Å²) in [6, 6.07) is 5.39. The normalized spacial score (nSPS) is 14.8. The monoisotopic (exact) mass is 294 g/mol. The molecule has 1 aromatic rings. The van der Waals surface area contributed by atoms with Gasteiger partial charge in [-0.1, -0.05) is 25.1 Å². The van der Waals surface area contributed by atoms with E-state index in [2.05, 4.69) is 11.9 Å². The standard InChI is InChI=1S/C15H22N2O2S/c1-4-17(11-12(2)3)20(18,19)14-8-7-13-6-5-9-16-15(13)10-14/h7-8,10,16H,2,4-6,9,11H2,1,3H3. The molecule has 0 amide bonds. The van der Waals surface area contributed by atoms with E-state index in [1.165, 1.54) is 9.87 Å². The molecule has 4 nitrogen and oxygen atoms in total. The molecule has 1 aromatic carbocycles. The van der Waals surface area contributed by atoms with Gasteiger partial charge in [-0.2, -0.15) is 4.31 Å². The maximum absolute atomic E-state index is 12.6. The molecule has 1 heterocycles. The SMILES string of the molecule is C=C(C)CN(CC)S(=O)(=O)c1ccc2c(c1)NCCC2. The topological polar surface area (TPSA) is 49.4 Å². The van der Waals surface area contributed by atoms with Crippen LogP contribution in [0.25, 0.3) is 0 Å². The van der Waals surface area contributed by atoms with Gasteiger partial charge in [0.1, 0.15) is 0 Å². The number of fused-ring (bicyclic) bond motifs is 1. The first-order valence-electron chi connectivity index (χ1n) is 6.96. The van der Waals surface area contributed by atoms with Crippen molar-refractivity contribution in [3.63, 3.8) is 0 Å². The Morgan fingerprint density at radius 2 is 2.20 bits per heavy atom. The lowest BCUT2D eigenvalue weighted by Gasteiger charge is -2.23. The number of anilines is 1. The molecule has 0 unspecified atom stereocenters. The molecule has 20 heavy (non-hydrogen) atoms. The van der Waals surface area contributed by atoms with Crippen molar-refractivity contribution in [3.8, 4) is 0 Å². The summed E-state index contributed by atoms with van der Waals surface area (Å²) in [5.41, 5.74) is 2.98. The zero-order chi connectivity index (χ0) is 14.8. The number of sulfonamides is 1. The molecule has 0 saturated heterocycles. The molecule has 1 aliphatic heterocycles. The van der Waals surface area contributed by atoms with Crippen molar-refractivity contribution in [3.05, 3.63) is 35.9 Å². The van der Waals surface area contributed by atoms with Gasteiger partial charge in [-0.05, 0) is 37.5 Å². The summed E-state index contributed by atoms with van der Waals surface area (Å²) < 4.78 is 26.7. The first kappa shape index (κ1) is 15.1. The van der Waals surface area contributed by atoms with E-state index in [1.54, 1.807) is 12.1 Å². The third-order valence-electron chi connectivity index (χ3n) is 3.46. The highest BCUT2D eigenvalue weighted by molar-refractivity contribution is 7.89. The number of nitrogens with one attached hydrogen (secondary N) is 1. The van der Waals surface area contributed by atoms with E-state index in [0.717, 1.165) is 30.6 Å². The van der Waals surface area contributed by atoms with E-state index < -0.39 is 10.0 Å². The molecule has 1 N–H and O–H groups in total. The fraction of sp³-hybridized carbons (Fsp3) is 0.467. The number of likely N-dealkylation sites (N-methyl/N-ethyl adjacent to an activating group) is 1. The van der Waals surface area contributed by atoms with Gasteiger partial charge in [-0.3, -0.25) is 0 Å². The van der Waals surface area contributed by atoms with Crippen LogP contribution in [-0.2, 0) is 16.4 Å². The number of aryl methyl sites for hydroxylation is 1. The zero-order valence-electron chi connectivity index (χ0n) is 12.1. The summed E-state index contributed by atoms with van der Waals surface area (Å²) in [5, 5.41) is 3.27. The number of nitrogens with zero attached hydrogens (tertiary/aromatic N) is 1. The quantitative estimate of drug-likeness (QED) is 0.849. The molecule has 2 rings (SSSR count). The Bertz CT molecular complexity index is 608. The Hall–Kier alpha value is -1.33. The minimum Gasteiger partial charge on any atom is -0.385 e. The van der Waals surface area contributed by atoms with E-state index in [4.69, 9.17) is 0 Å². The second kappa shape index (κ2) is 5.97. The predicted molar refractivity (Wildman–Crippen MR) is 82.5 cm³/mol. The van der Waals surface area contributed by atoms with Crippen LogP contribution in [0.1, 0.15) is 25.8 Å². The van der Waals surface area contributed by atoms with Gasteiger partial charge in [-0.15, -0.1) is 0 Å². The van der Waals surface area contributed by atoms with Crippen LogP contribution in [0.3, 0.4) is 0 Å². The zero-order valence-corrected chi connectivity index (χ0v) is 13.0. The second-order valence-corrected chi connectivity index (χ2v) is 7.18. The number of hydrogen-bond donors (Lipinski definition) is 1. The number of benzene rings is 1. The Kier molecular flexibility index (Phi) is 4.50. The molecule has 0 spiro atoms. The molecule has 0 aromatic heterocycles. The van der Waals surface area contributed by atoms with Gasteiger partial charge in [0.2, 0.25) is 10.0 Å². The summed E-state index contributed by atoms with van der Waals surface area (Å²) in [5.74, 6) is 0. The summed E-state index contributed by atoms with van der Waals surface area (Å²) in [6.45, 7) is 9.20. The van der Waals surface area contributed by atoms with Crippen LogP contribution in [-0.4, -0.2) is 32.4 Å². The molecule has 0 radical (unpaired) electrons. The molecule has 1 aliphatic rings. The minimum absolute atomic E-state index is 0.355. The molecule has 0 atom stereocenters. The van der Waals surface area contributed by atoms with Crippen LogP contribution in [0.4, 0.5) is 5.69 Å². The largest absolute Gasteiger partial charge is 0.385 e. The number of rotatable bonds is 5. The third kappa shape index (κ3) is 3.04. The van der Waals surface area contributed by atoms with Crippen LogP contribution in [0.15, 0.2) is 35.2 Å². The molecular weight excluding hydrogens is 272 g/mol. The van der Waals surface area contributed by atoms with Crippen molar-refractivity contribution >= 4 is 15.7 Å². The van der Waals surface area contributed by atoms with E-state index in [-0.39, 0.29) is 0 Å². The van der Waals surface area contributed by atoms with Gasteiger partial charge in [0, 0.05) is 25.3 Å². The average Bonchev–Trinajstić information content (AvgIpc) is 2.43. The van der Waals surface area contributed by atoms with E-state index in [0.29, 0.717) is 18.0 Å². The summed E-state index contributed by atoms with van der Waals surface area (Å²) >= 11 is 0. The second-order valence-electron chi connectivity index (χ2n) is 5.24. The summed E-state index contributed by atoms with van der Waals surface area (Å²) in [4.78, 5) is 0.355. The molecule has 110 valence electrons. The highest BCUT2D eigenvalue weighted by atomic mass is 32.2. The fourth-order valence-corrected chi connectivity index (χ4v) is 3.95. The van der Waals surface area contributed by atoms with Gasteiger partial charge < -0.3 is 5.32 Å². The highest BCUT2D eigenvalue weighted by Gasteiger charge is 2.24. The molecule has 0 saturated carbocycles. The Labute approximate surface area is 121 Å². The lowest BCUT2D eigenvalue weighted by molar-refractivity contribution is 0.453. The highest BCUT2D eigenvalue weighted by Crippen LogP contribution is 2.27. The van der Waals surface area contributed by atoms with Crippen molar-refractivity contribution in [2.75, 3.05) is 25.0 Å². The van der Waals surface area contributed by atoms with E-state index in [9.17, 15) is 8.42 Å². The van der Waals surface area contributed by atoms with Crippen LogP contribution in [0.2, 0.25) is 0 Å². The Balaban J connectivity index is 2.35. The van der Waals surface area contributed by atoms with Crippen molar-refractivity contribution in [2.45, 2.75) is 31.6 Å². The van der Waals surface area contributed by atoms with Crippen molar-refractivity contribution in [2.24, 2.45) is 0 Å². The molecular formula is C15H22N2O2S. The average molecular weight is 294 g/mol. The van der Waals surface area contributed by atoms with Crippen molar-refractivity contribution in [1.82, 2.24) is 4.31 Å². The smallest absolute Gasteiger partial charge is 0.243 e. The van der Waals surface area contributed by atoms with Crippen LogP contribution in [0.5, 0.6) is 0 Å². The lowest BCUT2D eigenvalue weighted by atomic mass is 10.0. The van der Waals surface area contributed by atoms with Gasteiger partial charge in [0.15, 0.2) is 0 Å². The third-order valence-corrected chi connectivity index (χ3v) is 5.37. The molecule has 0 fully saturated rings. The van der Waals surface area contributed by atoms with Gasteiger partial charge in [0.05, 0.1) is 4.90 Å². The van der Waals surface area contributed by atoms with E-state index >= 15 is 0 Å². The lowest BCUT2D eigenvalue weighted by Crippen LogP contribution is -2.32. The summed E-state index contributed by atoms with van der Waals surface area (Å²) in [7, 11) is -3.45. The Morgan fingerprint density at radius 3 is 2.85 bits per heavy atom. The molecule has 0 aliphatic carbocycles. The maximum Gasteiger partial charge on any atom is 0.243 e. The molecule has 5 heteroatoms. The number of hydrogen-bond acceptors (Lipinski definition) is 3. The first-order chi connectivity index (χ1) is 9.45. The van der Waals surface area contributed by atoms with Gasteiger partial charge >= 0.3 is 0 Å². The molecule has 0 bridgehead atoms. The van der Waals surface area contributed by atoms with E-state index in [1.807, 2.05) is 19.9 Å². The summed E-state index contributed by atoms with van der Waals surface area (Å²) in [6.07, 6.45) is 2.10. The van der Waals surface area contributed by atoms with Crippen molar-refractivity contribution in [1.29, 1.82) is 0 Å². The van der Waals surface area contributed by atoms with Gasteiger partial charge in [0.25, 0.3) is 0 Å². The van der Waals surface area contributed by atoms with Crippen LogP contribution in [0, 0.1) is 0 Å². The minimum atomic E-state index is -3.45. The fourth-order valence-electron chi connectivity index (χ4n) is 2.42. The maximum atomic E-state index is 12.6. The van der Waals surface area contributed by atoms with Gasteiger partial charge in [-0.25, -0.2) is 8.42 Å². The Morgan fingerprint density at radius 1 is 1.45 bits per heavy atom. The van der Waals surface area contributed by atoms with Crippen LogP contribution < -0.4 is 5.32 Å². The first-order valence-corrected chi connectivity index (χ1v) is 8.40. The van der Waals surface area contributed by atoms with Crippen LogP contribution >= 0.6 is 0 Å². The van der Waals surface area contributed by atoms with Crippen molar-refractivity contribution < 1.29 is 8.42 Å².